The smallest absolute Gasteiger partial charge is 0.327 e. The summed E-state index contributed by atoms with van der Waals surface area (Å²) < 4.78 is 37.7. The number of amides is 1. The average molecular weight is 302 g/mol. The lowest BCUT2D eigenvalue weighted by Crippen LogP contribution is -2.21. The number of nitrogens with one attached hydrogen (secondary N) is 2. The van der Waals surface area contributed by atoms with E-state index in [0.717, 1.165) is 12.8 Å². The molecule has 2 rings (SSSR count). The quantitative estimate of drug-likeness (QED) is 0.896. The Kier molecular flexibility index (Phi) is 4.69. The highest BCUT2D eigenvalue weighted by molar-refractivity contribution is 5.90. The average Bonchev–Trinajstić information content (AvgIpc) is 2.91. The molecule has 2 N–H and O–H groups in total. The van der Waals surface area contributed by atoms with E-state index < -0.39 is 23.2 Å². The molecule has 7 heteroatoms. The first-order chi connectivity index (χ1) is 9.86. The van der Waals surface area contributed by atoms with Crippen LogP contribution in [0.5, 0.6) is 0 Å². The molecule has 1 aromatic heterocycles. The van der Waals surface area contributed by atoms with Crippen LogP contribution in [-0.4, -0.2) is 10.9 Å². The van der Waals surface area contributed by atoms with Crippen molar-refractivity contribution in [3.05, 3.63) is 28.2 Å². The fourth-order valence-electron chi connectivity index (χ4n) is 2.59. The van der Waals surface area contributed by atoms with Crippen LogP contribution in [-0.2, 0) is 11.0 Å². The minimum Gasteiger partial charge on any atom is -0.327 e. The zero-order valence-electron chi connectivity index (χ0n) is 11.4. The van der Waals surface area contributed by atoms with Gasteiger partial charge in [-0.05, 0) is 18.4 Å². The second kappa shape index (κ2) is 6.32. The molecule has 1 aliphatic rings. The van der Waals surface area contributed by atoms with Crippen molar-refractivity contribution in [2.24, 2.45) is 5.92 Å². The summed E-state index contributed by atoms with van der Waals surface area (Å²) >= 11 is 0. The topological polar surface area (TPSA) is 62.0 Å². The lowest BCUT2D eigenvalue weighted by Gasteiger charge is -2.10. The van der Waals surface area contributed by atoms with Crippen molar-refractivity contribution >= 4 is 11.6 Å². The van der Waals surface area contributed by atoms with Gasteiger partial charge >= 0.3 is 6.18 Å². The summed E-state index contributed by atoms with van der Waals surface area (Å²) in [4.78, 5) is 25.2. The van der Waals surface area contributed by atoms with Crippen molar-refractivity contribution in [2.75, 3.05) is 5.32 Å². The number of carbonyl (C=O) groups excluding carboxylic acids is 1. The number of halogens is 3. The molecule has 4 nitrogen and oxygen atoms in total. The summed E-state index contributed by atoms with van der Waals surface area (Å²) in [6, 6.07) is 0.659. The summed E-state index contributed by atoms with van der Waals surface area (Å²) in [5.41, 5.74) is -2.09. The van der Waals surface area contributed by atoms with E-state index in [1.807, 2.05) is 4.98 Å². The largest absolute Gasteiger partial charge is 0.417 e. The van der Waals surface area contributed by atoms with Gasteiger partial charge in [0.1, 0.15) is 5.69 Å². The molecule has 0 saturated heterocycles. The number of aromatic amines is 1. The molecule has 0 unspecified atom stereocenters. The van der Waals surface area contributed by atoms with E-state index in [4.69, 9.17) is 0 Å². The molecule has 116 valence electrons. The van der Waals surface area contributed by atoms with Gasteiger partial charge in [0.05, 0.1) is 5.56 Å². The molecule has 1 amide bonds. The van der Waals surface area contributed by atoms with Gasteiger partial charge < -0.3 is 10.3 Å². The highest BCUT2D eigenvalue weighted by Gasteiger charge is 2.31. The SMILES string of the molecule is O=C(CCC1CCCC1)Nc1cc(C(F)(F)F)c[nH]c1=O. The number of rotatable bonds is 4. The first kappa shape index (κ1) is 15.6. The van der Waals surface area contributed by atoms with Crippen molar-refractivity contribution in [2.45, 2.75) is 44.7 Å². The highest BCUT2D eigenvalue weighted by atomic mass is 19.4. The van der Waals surface area contributed by atoms with Crippen molar-refractivity contribution in [3.63, 3.8) is 0 Å². The molecule has 0 radical (unpaired) electrons. The van der Waals surface area contributed by atoms with Gasteiger partial charge in [0.25, 0.3) is 5.56 Å². The number of alkyl halides is 3. The molecule has 1 fully saturated rings. The summed E-state index contributed by atoms with van der Waals surface area (Å²) in [5.74, 6) is 0.0854. The number of carbonyl (C=O) groups is 1. The van der Waals surface area contributed by atoms with Crippen LogP contribution in [0.15, 0.2) is 17.1 Å². The number of aromatic nitrogens is 1. The van der Waals surface area contributed by atoms with Gasteiger partial charge in [0.15, 0.2) is 0 Å². The van der Waals surface area contributed by atoms with Gasteiger partial charge in [0, 0.05) is 12.6 Å². The third kappa shape index (κ3) is 4.34. The molecule has 0 spiro atoms. The predicted octanol–water partition coefficient (Wildman–Crippen LogP) is 3.30. The van der Waals surface area contributed by atoms with E-state index in [1.165, 1.54) is 12.8 Å². The molecule has 1 aliphatic carbocycles. The van der Waals surface area contributed by atoms with Crippen molar-refractivity contribution in [3.8, 4) is 0 Å². The molecule has 1 heterocycles. The first-order valence-electron chi connectivity index (χ1n) is 6.96. The van der Waals surface area contributed by atoms with Gasteiger partial charge in [-0.3, -0.25) is 9.59 Å². The Balaban J connectivity index is 1.97. The van der Waals surface area contributed by atoms with Gasteiger partial charge in [-0.25, -0.2) is 0 Å². The van der Waals surface area contributed by atoms with Gasteiger partial charge in [-0.2, -0.15) is 13.2 Å². The van der Waals surface area contributed by atoms with E-state index in [1.54, 1.807) is 0 Å². The maximum atomic E-state index is 12.6. The number of H-pyrrole nitrogens is 1. The van der Waals surface area contributed by atoms with E-state index >= 15 is 0 Å². The maximum absolute atomic E-state index is 12.6. The van der Waals surface area contributed by atoms with Crippen molar-refractivity contribution < 1.29 is 18.0 Å². The van der Waals surface area contributed by atoms with E-state index in [9.17, 15) is 22.8 Å². The second-order valence-corrected chi connectivity index (χ2v) is 5.37. The molecular weight excluding hydrogens is 285 g/mol. The number of anilines is 1. The van der Waals surface area contributed by atoms with Crippen LogP contribution in [0, 0.1) is 5.92 Å². The molecule has 0 atom stereocenters. The standard InChI is InChI=1S/C14H17F3N2O2/c15-14(16,17)10-7-11(13(21)18-8-10)19-12(20)6-5-9-3-1-2-4-9/h7-9H,1-6H2,(H,18,21)(H,19,20). The van der Waals surface area contributed by atoms with Crippen molar-refractivity contribution in [1.29, 1.82) is 0 Å². The fourth-order valence-corrected chi connectivity index (χ4v) is 2.59. The maximum Gasteiger partial charge on any atom is 0.417 e. The zero-order valence-corrected chi connectivity index (χ0v) is 11.4. The predicted molar refractivity (Wildman–Crippen MR) is 71.9 cm³/mol. The van der Waals surface area contributed by atoms with Crippen LogP contribution in [0.2, 0.25) is 0 Å². The monoisotopic (exact) mass is 302 g/mol. The Morgan fingerprint density at radius 3 is 2.62 bits per heavy atom. The highest BCUT2D eigenvalue weighted by Crippen LogP contribution is 2.30. The van der Waals surface area contributed by atoms with Gasteiger partial charge in [0.2, 0.25) is 5.91 Å². The Labute approximate surface area is 119 Å². The van der Waals surface area contributed by atoms with E-state index in [0.29, 0.717) is 24.6 Å². The Morgan fingerprint density at radius 2 is 2.00 bits per heavy atom. The van der Waals surface area contributed by atoms with E-state index in [2.05, 4.69) is 5.32 Å². The van der Waals surface area contributed by atoms with Crippen LogP contribution in [0.4, 0.5) is 18.9 Å². The van der Waals surface area contributed by atoms with Gasteiger partial charge in [-0.15, -0.1) is 0 Å². The van der Waals surface area contributed by atoms with Crippen molar-refractivity contribution in [1.82, 2.24) is 4.98 Å². The Morgan fingerprint density at radius 1 is 1.33 bits per heavy atom. The molecular formula is C14H17F3N2O2. The Hall–Kier alpha value is -1.79. The fraction of sp³-hybridized carbons (Fsp3) is 0.571. The van der Waals surface area contributed by atoms with Crippen LogP contribution in [0.25, 0.3) is 0 Å². The van der Waals surface area contributed by atoms with Crippen LogP contribution >= 0.6 is 0 Å². The third-order valence-corrected chi connectivity index (χ3v) is 3.76. The summed E-state index contributed by atoms with van der Waals surface area (Å²) in [7, 11) is 0. The number of pyridine rings is 1. The van der Waals surface area contributed by atoms with Crippen LogP contribution < -0.4 is 10.9 Å². The minimum atomic E-state index is -4.56. The number of hydrogen-bond acceptors (Lipinski definition) is 2. The van der Waals surface area contributed by atoms with Crippen LogP contribution in [0.1, 0.15) is 44.1 Å². The zero-order chi connectivity index (χ0) is 15.5. The molecule has 0 bridgehead atoms. The lowest BCUT2D eigenvalue weighted by molar-refractivity contribution is -0.137. The normalized spacial score (nSPS) is 16.1. The Bertz CT molecular complexity index is 560. The lowest BCUT2D eigenvalue weighted by atomic mass is 10.0. The second-order valence-electron chi connectivity index (χ2n) is 5.37. The van der Waals surface area contributed by atoms with Gasteiger partial charge in [-0.1, -0.05) is 25.7 Å². The summed E-state index contributed by atoms with van der Waals surface area (Å²) in [5, 5.41) is 2.26. The van der Waals surface area contributed by atoms with E-state index in [-0.39, 0.29) is 12.1 Å². The summed E-state index contributed by atoms with van der Waals surface area (Å²) in [6.07, 6.45) is 1.49. The molecule has 21 heavy (non-hydrogen) atoms. The molecule has 0 aromatic carbocycles. The molecule has 0 aliphatic heterocycles. The minimum absolute atomic E-state index is 0.223. The molecule has 1 saturated carbocycles. The third-order valence-electron chi connectivity index (χ3n) is 3.76. The van der Waals surface area contributed by atoms with Crippen LogP contribution in [0.3, 0.4) is 0 Å². The first-order valence-corrected chi connectivity index (χ1v) is 6.96. The molecule has 1 aromatic rings. The number of hydrogen-bond donors (Lipinski definition) is 2. The summed E-state index contributed by atoms with van der Waals surface area (Å²) in [6.45, 7) is 0.